The van der Waals surface area contributed by atoms with Crippen LogP contribution in [0, 0.1) is 6.92 Å². The maximum atomic E-state index is 11.5. The number of aliphatic hydroxyl groups excluding tert-OH is 1. The van der Waals surface area contributed by atoms with E-state index in [4.69, 9.17) is 5.11 Å². The first-order chi connectivity index (χ1) is 6.75. The Balaban J connectivity index is 2.32. The van der Waals surface area contributed by atoms with E-state index in [1.165, 1.54) is 11.3 Å². The van der Waals surface area contributed by atoms with Crippen LogP contribution in [0.1, 0.15) is 28.1 Å². The highest BCUT2D eigenvalue weighted by molar-refractivity contribution is 7.12. The van der Waals surface area contributed by atoms with E-state index in [1.54, 1.807) is 0 Å². The molecule has 0 atom stereocenters. The van der Waals surface area contributed by atoms with Crippen molar-refractivity contribution in [2.45, 2.75) is 19.8 Å². The number of thiophene rings is 1. The first-order valence-corrected chi connectivity index (χ1v) is 5.57. The van der Waals surface area contributed by atoms with Crippen LogP contribution in [0.15, 0.2) is 11.4 Å². The molecule has 0 bridgehead atoms. The highest BCUT2D eigenvalue weighted by atomic mass is 32.1. The summed E-state index contributed by atoms with van der Waals surface area (Å²) in [5, 5.41) is 13.3. The zero-order valence-corrected chi connectivity index (χ0v) is 9.06. The van der Waals surface area contributed by atoms with Gasteiger partial charge in [-0.3, -0.25) is 4.79 Å². The molecule has 0 spiro atoms. The molecule has 4 heteroatoms. The van der Waals surface area contributed by atoms with Crippen LogP contribution in [-0.4, -0.2) is 24.2 Å². The van der Waals surface area contributed by atoms with Crippen LogP contribution in [0.3, 0.4) is 0 Å². The molecule has 14 heavy (non-hydrogen) atoms. The van der Waals surface area contributed by atoms with Crippen LogP contribution < -0.4 is 5.32 Å². The Morgan fingerprint density at radius 2 is 2.36 bits per heavy atom. The van der Waals surface area contributed by atoms with Gasteiger partial charge in [-0.1, -0.05) is 0 Å². The number of nitrogens with one attached hydrogen (secondary N) is 1. The maximum Gasteiger partial charge on any atom is 0.261 e. The fraction of sp³-hybridized carbons (Fsp3) is 0.500. The first-order valence-electron chi connectivity index (χ1n) is 4.69. The maximum absolute atomic E-state index is 11.5. The van der Waals surface area contributed by atoms with E-state index in [2.05, 4.69) is 5.32 Å². The van der Waals surface area contributed by atoms with Crippen LogP contribution in [0.4, 0.5) is 0 Å². The SMILES string of the molecule is Cc1ccsc1C(=O)NCCCCO. The zero-order chi connectivity index (χ0) is 10.4. The van der Waals surface area contributed by atoms with E-state index in [9.17, 15) is 4.79 Å². The average Bonchev–Trinajstić information content (AvgIpc) is 2.59. The van der Waals surface area contributed by atoms with E-state index in [0.717, 1.165) is 23.3 Å². The van der Waals surface area contributed by atoms with Gasteiger partial charge < -0.3 is 10.4 Å². The Morgan fingerprint density at radius 1 is 1.57 bits per heavy atom. The molecule has 0 aromatic carbocycles. The molecule has 2 N–H and O–H groups in total. The summed E-state index contributed by atoms with van der Waals surface area (Å²) >= 11 is 1.46. The van der Waals surface area contributed by atoms with Crippen molar-refractivity contribution < 1.29 is 9.90 Å². The summed E-state index contributed by atoms with van der Waals surface area (Å²) < 4.78 is 0. The fourth-order valence-corrected chi connectivity index (χ4v) is 1.97. The van der Waals surface area contributed by atoms with E-state index in [1.807, 2.05) is 18.4 Å². The number of rotatable bonds is 5. The van der Waals surface area contributed by atoms with E-state index < -0.39 is 0 Å². The Kier molecular flexibility index (Phi) is 4.62. The van der Waals surface area contributed by atoms with E-state index >= 15 is 0 Å². The second-order valence-electron chi connectivity index (χ2n) is 3.12. The standard InChI is InChI=1S/C10H15NO2S/c1-8-4-7-14-9(8)10(13)11-5-2-3-6-12/h4,7,12H,2-3,5-6H2,1H3,(H,11,13). The monoisotopic (exact) mass is 213 g/mol. The van der Waals surface area contributed by atoms with Crippen molar-refractivity contribution in [1.82, 2.24) is 5.32 Å². The number of aliphatic hydroxyl groups is 1. The number of carbonyl (C=O) groups excluding carboxylic acids is 1. The predicted octanol–water partition coefficient (Wildman–Crippen LogP) is 1.56. The second kappa shape index (κ2) is 5.78. The average molecular weight is 213 g/mol. The molecule has 1 rings (SSSR count). The van der Waals surface area contributed by atoms with Gasteiger partial charge in [0.1, 0.15) is 0 Å². The molecule has 1 heterocycles. The minimum Gasteiger partial charge on any atom is -0.396 e. The summed E-state index contributed by atoms with van der Waals surface area (Å²) in [5.41, 5.74) is 1.02. The van der Waals surface area contributed by atoms with Gasteiger partial charge in [0.05, 0.1) is 4.88 Å². The highest BCUT2D eigenvalue weighted by Crippen LogP contribution is 2.14. The molecule has 0 saturated heterocycles. The number of hydrogen-bond acceptors (Lipinski definition) is 3. The summed E-state index contributed by atoms with van der Waals surface area (Å²) in [6.45, 7) is 2.75. The lowest BCUT2D eigenvalue weighted by atomic mass is 10.2. The van der Waals surface area contributed by atoms with Crippen molar-refractivity contribution in [2.24, 2.45) is 0 Å². The van der Waals surface area contributed by atoms with Gasteiger partial charge in [-0.2, -0.15) is 0 Å². The lowest BCUT2D eigenvalue weighted by Gasteiger charge is -2.03. The molecular weight excluding hydrogens is 198 g/mol. The Bertz CT molecular complexity index is 296. The van der Waals surface area contributed by atoms with Gasteiger partial charge in [0.15, 0.2) is 0 Å². The summed E-state index contributed by atoms with van der Waals surface area (Å²) in [6.07, 6.45) is 1.57. The predicted molar refractivity (Wildman–Crippen MR) is 57.7 cm³/mol. The van der Waals surface area contributed by atoms with Gasteiger partial charge in [-0.15, -0.1) is 11.3 Å². The van der Waals surface area contributed by atoms with Crippen LogP contribution in [0.25, 0.3) is 0 Å². The molecular formula is C10H15NO2S. The third-order valence-corrected chi connectivity index (χ3v) is 2.95. The molecule has 1 aromatic heterocycles. The number of amides is 1. The molecule has 3 nitrogen and oxygen atoms in total. The van der Waals surface area contributed by atoms with Crippen molar-refractivity contribution in [2.75, 3.05) is 13.2 Å². The van der Waals surface area contributed by atoms with Gasteiger partial charge in [0.25, 0.3) is 5.91 Å². The van der Waals surface area contributed by atoms with Crippen LogP contribution in [0.2, 0.25) is 0 Å². The summed E-state index contributed by atoms with van der Waals surface area (Å²) in [5.74, 6) is -0.00422. The Morgan fingerprint density at radius 3 is 2.93 bits per heavy atom. The molecule has 1 amide bonds. The van der Waals surface area contributed by atoms with Crippen molar-refractivity contribution in [3.05, 3.63) is 21.9 Å². The first kappa shape index (κ1) is 11.2. The normalized spacial score (nSPS) is 10.1. The third kappa shape index (κ3) is 3.12. The molecule has 0 radical (unpaired) electrons. The Hall–Kier alpha value is -0.870. The van der Waals surface area contributed by atoms with Crippen molar-refractivity contribution >= 4 is 17.2 Å². The zero-order valence-electron chi connectivity index (χ0n) is 8.25. The van der Waals surface area contributed by atoms with Crippen LogP contribution in [-0.2, 0) is 0 Å². The molecule has 0 fully saturated rings. The van der Waals surface area contributed by atoms with E-state index in [0.29, 0.717) is 6.54 Å². The number of hydrogen-bond donors (Lipinski definition) is 2. The van der Waals surface area contributed by atoms with Crippen molar-refractivity contribution in [3.8, 4) is 0 Å². The quantitative estimate of drug-likeness (QED) is 0.729. The Labute approximate surface area is 87.8 Å². The molecule has 0 aliphatic carbocycles. The lowest BCUT2D eigenvalue weighted by molar-refractivity contribution is 0.0955. The van der Waals surface area contributed by atoms with Gasteiger partial charge in [-0.05, 0) is 36.8 Å². The smallest absolute Gasteiger partial charge is 0.261 e. The van der Waals surface area contributed by atoms with Crippen molar-refractivity contribution in [3.63, 3.8) is 0 Å². The third-order valence-electron chi connectivity index (χ3n) is 1.94. The molecule has 0 aliphatic rings. The minimum absolute atomic E-state index is 0.00422. The molecule has 0 aliphatic heterocycles. The number of unbranched alkanes of at least 4 members (excludes halogenated alkanes) is 1. The lowest BCUT2D eigenvalue weighted by Crippen LogP contribution is -2.24. The van der Waals surface area contributed by atoms with Gasteiger partial charge in [0, 0.05) is 13.2 Å². The summed E-state index contributed by atoms with van der Waals surface area (Å²) in [4.78, 5) is 12.3. The highest BCUT2D eigenvalue weighted by Gasteiger charge is 2.08. The fourth-order valence-electron chi connectivity index (χ4n) is 1.12. The molecule has 1 aromatic rings. The second-order valence-corrected chi connectivity index (χ2v) is 4.04. The number of aryl methyl sites for hydroxylation is 1. The van der Waals surface area contributed by atoms with E-state index in [-0.39, 0.29) is 12.5 Å². The minimum atomic E-state index is -0.00422. The molecule has 78 valence electrons. The summed E-state index contributed by atoms with van der Waals surface area (Å²) in [6, 6.07) is 1.94. The van der Waals surface area contributed by atoms with Gasteiger partial charge in [-0.25, -0.2) is 0 Å². The van der Waals surface area contributed by atoms with Gasteiger partial charge >= 0.3 is 0 Å². The topological polar surface area (TPSA) is 49.3 Å². The largest absolute Gasteiger partial charge is 0.396 e. The van der Waals surface area contributed by atoms with Crippen LogP contribution >= 0.6 is 11.3 Å². The molecule has 0 unspecified atom stereocenters. The number of carbonyl (C=O) groups is 1. The van der Waals surface area contributed by atoms with Gasteiger partial charge in [0.2, 0.25) is 0 Å². The summed E-state index contributed by atoms with van der Waals surface area (Å²) in [7, 11) is 0. The van der Waals surface area contributed by atoms with Crippen LogP contribution in [0.5, 0.6) is 0 Å². The molecule has 0 saturated carbocycles. The van der Waals surface area contributed by atoms with Crippen molar-refractivity contribution in [1.29, 1.82) is 0 Å².